The Kier molecular flexibility index (Phi) is 3.85. The molecule has 1 saturated heterocycles. The fraction of sp³-hybridized carbons (Fsp3) is 0.455. The largest absolute Gasteiger partial charge is 0.310 e. The maximum Gasteiger partial charge on any atom is 0.0331 e. The fourth-order valence-corrected chi connectivity index (χ4v) is 2.94. The van der Waals surface area contributed by atoms with Crippen molar-refractivity contribution in [3.05, 3.63) is 31.8 Å². The second kappa shape index (κ2) is 4.94. The van der Waals surface area contributed by atoms with Crippen LogP contribution < -0.4 is 5.32 Å². The van der Waals surface area contributed by atoms with Gasteiger partial charge in [0.1, 0.15) is 0 Å². The van der Waals surface area contributed by atoms with E-state index in [4.69, 9.17) is 0 Å². The summed E-state index contributed by atoms with van der Waals surface area (Å²) in [6, 6.07) is 7.10. The second-order valence-electron chi connectivity index (χ2n) is 3.67. The Morgan fingerprint density at radius 2 is 2.21 bits per heavy atom. The molecule has 2 rings (SSSR count). The van der Waals surface area contributed by atoms with Gasteiger partial charge >= 0.3 is 0 Å². The van der Waals surface area contributed by atoms with Crippen molar-refractivity contribution < 1.29 is 0 Å². The standard InChI is InChI=1S/C11H13BrIN/c12-10-5-4-8(13)7-9(10)11-3-1-2-6-14-11/h4-5,7,11,14H,1-3,6H2/t11-/m0/s1. The molecule has 1 aromatic carbocycles. The lowest BCUT2D eigenvalue weighted by molar-refractivity contribution is 0.411. The van der Waals surface area contributed by atoms with Gasteiger partial charge in [-0.05, 0) is 65.7 Å². The number of piperidine rings is 1. The molecule has 0 spiro atoms. The van der Waals surface area contributed by atoms with Crippen molar-refractivity contribution in [2.45, 2.75) is 25.3 Å². The van der Waals surface area contributed by atoms with Gasteiger partial charge < -0.3 is 5.32 Å². The van der Waals surface area contributed by atoms with E-state index in [0.29, 0.717) is 6.04 Å². The molecule has 76 valence electrons. The third-order valence-corrected chi connectivity index (χ3v) is 4.04. The van der Waals surface area contributed by atoms with Gasteiger partial charge in [-0.15, -0.1) is 0 Å². The molecule has 0 bridgehead atoms. The molecule has 1 atom stereocenters. The van der Waals surface area contributed by atoms with Crippen LogP contribution >= 0.6 is 38.5 Å². The SMILES string of the molecule is Brc1ccc(I)cc1[C@@H]1CCCCN1. The molecule has 0 aromatic heterocycles. The van der Waals surface area contributed by atoms with Crippen LogP contribution in [0.15, 0.2) is 22.7 Å². The number of halogens is 2. The molecule has 0 unspecified atom stereocenters. The molecule has 1 nitrogen and oxygen atoms in total. The summed E-state index contributed by atoms with van der Waals surface area (Å²) < 4.78 is 2.55. The first-order valence-corrected chi connectivity index (χ1v) is 6.83. The molecule has 14 heavy (non-hydrogen) atoms. The van der Waals surface area contributed by atoms with Crippen molar-refractivity contribution in [1.29, 1.82) is 0 Å². The average molecular weight is 366 g/mol. The first-order valence-electron chi connectivity index (χ1n) is 4.96. The zero-order valence-electron chi connectivity index (χ0n) is 7.89. The smallest absolute Gasteiger partial charge is 0.0331 e. The van der Waals surface area contributed by atoms with Crippen molar-refractivity contribution in [1.82, 2.24) is 5.32 Å². The van der Waals surface area contributed by atoms with Crippen LogP contribution in [0.1, 0.15) is 30.9 Å². The minimum atomic E-state index is 0.549. The van der Waals surface area contributed by atoms with Crippen LogP contribution in [0, 0.1) is 3.57 Å². The van der Waals surface area contributed by atoms with E-state index in [1.807, 2.05) is 0 Å². The lowest BCUT2D eigenvalue weighted by Gasteiger charge is -2.24. The van der Waals surface area contributed by atoms with Gasteiger partial charge in [0, 0.05) is 14.1 Å². The molecule has 0 radical (unpaired) electrons. The summed E-state index contributed by atoms with van der Waals surface area (Å²) in [7, 11) is 0. The topological polar surface area (TPSA) is 12.0 Å². The predicted octanol–water partition coefficient (Wildman–Crippen LogP) is 3.87. The van der Waals surface area contributed by atoms with Crippen LogP contribution in [0.5, 0.6) is 0 Å². The third-order valence-electron chi connectivity index (χ3n) is 2.64. The molecular weight excluding hydrogens is 353 g/mol. The molecule has 0 amide bonds. The van der Waals surface area contributed by atoms with Gasteiger partial charge in [0.25, 0.3) is 0 Å². The summed E-state index contributed by atoms with van der Waals surface area (Å²) in [5.74, 6) is 0. The van der Waals surface area contributed by atoms with E-state index >= 15 is 0 Å². The summed E-state index contributed by atoms with van der Waals surface area (Å²) in [5.41, 5.74) is 1.41. The molecular formula is C11H13BrIN. The van der Waals surface area contributed by atoms with E-state index in [1.165, 1.54) is 32.9 Å². The Bertz CT molecular complexity index is 321. The maximum absolute atomic E-state index is 3.62. The Morgan fingerprint density at radius 1 is 1.36 bits per heavy atom. The van der Waals surface area contributed by atoms with Gasteiger partial charge in [-0.1, -0.05) is 22.4 Å². The van der Waals surface area contributed by atoms with Gasteiger partial charge in [-0.25, -0.2) is 0 Å². The van der Waals surface area contributed by atoms with E-state index in [2.05, 4.69) is 62.0 Å². The van der Waals surface area contributed by atoms with E-state index < -0.39 is 0 Å². The summed E-state index contributed by atoms with van der Waals surface area (Å²) in [6.45, 7) is 1.16. The predicted molar refractivity (Wildman–Crippen MR) is 71.5 cm³/mol. The molecule has 3 heteroatoms. The van der Waals surface area contributed by atoms with Crippen molar-refractivity contribution >= 4 is 38.5 Å². The summed E-state index contributed by atoms with van der Waals surface area (Å²) in [4.78, 5) is 0. The van der Waals surface area contributed by atoms with Gasteiger partial charge in [0.2, 0.25) is 0 Å². The third kappa shape index (κ3) is 2.49. The van der Waals surface area contributed by atoms with Gasteiger partial charge in [-0.2, -0.15) is 0 Å². The normalized spacial score (nSPS) is 22.3. The monoisotopic (exact) mass is 365 g/mol. The molecule has 1 fully saturated rings. The van der Waals surface area contributed by atoms with Crippen LogP contribution in [0.3, 0.4) is 0 Å². The number of hydrogen-bond donors (Lipinski definition) is 1. The number of rotatable bonds is 1. The Labute approximate surface area is 107 Å². The Morgan fingerprint density at radius 3 is 2.93 bits per heavy atom. The molecule has 0 aliphatic carbocycles. The van der Waals surface area contributed by atoms with Crippen LogP contribution in [0.2, 0.25) is 0 Å². The summed E-state index contributed by atoms with van der Waals surface area (Å²) in [6.07, 6.45) is 3.92. The number of nitrogens with one attached hydrogen (secondary N) is 1. The zero-order chi connectivity index (χ0) is 9.97. The van der Waals surface area contributed by atoms with Crippen LogP contribution in [-0.2, 0) is 0 Å². The highest BCUT2D eigenvalue weighted by Gasteiger charge is 2.16. The molecule has 0 saturated carbocycles. The Hall–Kier alpha value is 0.390. The fourth-order valence-electron chi connectivity index (χ4n) is 1.90. The molecule has 1 aliphatic rings. The van der Waals surface area contributed by atoms with E-state index in [0.717, 1.165) is 6.54 Å². The van der Waals surface area contributed by atoms with Crippen LogP contribution in [0.25, 0.3) is 0 Å². The average Bonchev–Trinajstić information content (AvgIpc) is 2.23. The highest BCUT2D eigenvalue weighted by molar-refractivity contribution is 14.1. The maximum atomic E-state index is 3.62. The number of benzene rings is 1. The quantitative estimate of drug-likeness (QED) is 0.745. The molecule has 1 N–H and O–H groups in total. The van der Waals surface area contributed by atoms with E-state index in [9.17, 15) is 0 Å². The van der Waals surface area contributed by atoms with Gasteiger partial charge in [0.05, 0.1) is 0 Å². The van der Waals surface area contributed by atoms with Crippen molar-refractivity contribution in [2.24, 2.45) is 0 Å². The summed E-state index contributed by atoms with van der Waals surface area (Å²) >= 11 is 5.99. The first-order chi connectivity index (χ1) is 6.77. The molecule has 1 aromatic rings. The zero-order valence-corrected chi connectivity index (χ0v) is 11.6. The number of hydrogen-bond acceptors (Lipinski definition) is 1. The Balaban J connectivity index is 2.24. The minimum Gasteiger partial charge on any atom is -0.310 e. The van der Waals surface area contributed by atoms with Crippen molar-refractivity contribution in [3.8, 4) is 0 Å². The van der Waals surface area contributed by atoms with Gasteiger partial charge in [-0.3, -0.25) is 0 Å². The van der Waals surface area contributed by atoms with Crippen LogP contribution in [0.4, 0.5) is 0 Å². The highest BCUT2D eigenvalue weighted by atomic mass is 127. The molecule has 1 aliphatic heterocycles. The lowest BCUT2D eigenvalue weighted by Crippen LogP contribution is -2.27. The summed E-state index contributed by atoms with van der Waals surface area (Å²) in [5, 5.41) is 3.57. The van der Waals surface area contributed by atoms with Crippen molar-refractivity contribution in [2.75, 3.05) is 6.54 Å². The van der Waals surface area contributed by atoms with E-state index in [-0.39, 0.29) is 0 Å². The van der Waals surface area contributed by atoms with Crippen molar-refractivity contribution in [3.63, 3.8) is 0 Å². The van der Waals surface area contributed by atoms with Gasteiger partial charge in [0.15, 0.2) is 0 Å². The molecule has 1 heterocycles. The van der Waals surface area contributed by atoms with E-state index in [1.54, 1.807) is 0 Å². The minimum absolute atomic E-state index is 0.549. The highest BCUT2D eigenvalue weighted by Crippen LogP contribution is 2.30. The lowest BCUT2D eigenvalue weighted by atomic mass is 9.98. The van der Waals surface area contributed by atoms with Crippen LogP contribution in [-0.4, -0.2) is 6.54 Å². The first kappa shape index (κ1) is 10.9. The second-order valence-corrected chi connectivity index (χ2v) is 5.77.